The molecule has 0 saturated heterocycles. The lowest BCUT2D eigenvalue weighted by Gasteiger charge is -2.28. The maximum Gasteiger partial charge on any atom is 0.254 e. The largest absolute Gasteiger partial charge is 0.392 e. The predicted molar refractivity (Wildman–Crippen MR) is 88.3 cm³/mol. The van der Waals surface area contributed by atoms with Crippen LogP contribution in [-0.4, -0.2) is 34.6 Å². The highest BCUT2D eigenvalue weighted by Crippen LogP contribution is 2.25. The highest BCUT2D eigenvalue weighted by Gasteiger charge is 2.27. The van der Waals surface area contributed by atoms with E-state index in [2.05, 4.69) is 0 Å². The first-order valence-electron chi connectivity index (χ1n) is 6.85. The van der Waals surface area contributed by atoms with Crippen LogP contribution in [0.1, 0.15) is 36.0 Å². The van der Waals surface area contributed by atoms with Crippen molar-refractivity contribution in [2.24, 2.45) is 5.73 Å². The van der Waals surface area contributed by atoms with Crippen LogP contribution in [0.4, 0.5) is 0 Å². The Morgan fingerprint density at radius 2 is 1.95 bits per heavy atom. The molecule has 0 unspecified atom stereocenters. The molecular formula is C15H20N2OS2. The SMILES string of the molecule is CSc1ccc(C(=O)N(CC(N)=S)C2CCCC2)cc1. The third-order valence-electron chi connectivity index (χ3n) is 3.69. The van der Waals surface area contributed by atoms with Crippen molar-refractivity contribution < 1.29 is 4.79 Å². The van der Waals surface area contributed by atoms with Crippen LogP contribution in [0.3, 0.4) is 0 Å². The van der Waals surface area contributed by atoms with E-state index in [4.69, 9.17) is 18.0 Å². The summed E-state index contributed by atoms with van der Waals surface area (Å²) >= 11 is 6.66. The van der Waals surface area contributed by atoms with Crippen LogP contribution in [0.5, 0.6) is 0 Å². The summed E-state index contributed by atoms with van der Waals surface area (Å²) in [5, 5.41) is 0. The zero-order valence-electron chi connectivity index (χ0n) is 11.7. The fourth-order valence-electron chi connectivity index (χ4n) is 2.65. The van der Waals surface area contributed by atoms with Crippen molar-refractivity contribution in [2.45, 2.75) is 36.6 Å². The molecule has 0 radical (unpaired) electrons. The molecular weight excluding hydrogens is 288 g/mol. The summed E-state index contributed by atoms with van der Waals surface area (Å²) in [6, 6.07) is 8.01. The van der Waals surface area contributed by atoms with Crippen LogP contribution >= 0.6 is 24.0 Å². The normalized spacial score (nSPS) is 15.2. The van der Waals surface area contributed by atoms with Crippen LogP contribution in [-0.2, 0) is 0 Å². The molecule has 0 atom stereocenters. The molecule has 0 bridgehead atoms. The van der Waals surface area contributed by atoms with Gasteiger partial charge < -0.3 is 10.6 Å². The van der Waals surface area contributed by atoms with Gasteiger partial charge in [-0.1, -0.05) is 25.1 Å². The molecule has 1 aromatic carbocycles. The van der Waals surface area contributed by atoms with E-state index in [1.54, 1.807) is 11.8 Å². The molecule has 0 heterocycles. The lowest BCUT2D eigenvalue weighted by Crippen LogP contribution is -2.43. The van der Waals surface area contributed by atoms with Crippen LogP contribution < -0.4 is 5.73 Å². The van der Waals surface area contributed by atoms with Gasteiger partial charge in [0, 0.05) is 16.5 Å². The van der Waals surface area contributed by atoms with E-state index in [1.807, 2.05) is 35.4 Å². The topological polar surface area (TPSA) is 46.3 Å². The zero-order valence-corrected chi connectivity index (χ0v) is 13.3. The third kappa shape index (κ3) is 3.73. The van der Waals surface area contributed by atoms with E-state index < -0.39 is 0 Å². The summed E-state index contributed by atoms with van der Waals surface area (Å²) in [5.41, 5.74) is 6.37. The van der Waals surface area contributed by atoms with Gasteiger partial charge in [-0.3, -0.25) is 4.79 Å². The smallest absolute Gasteiger partial charge is 0.254 e. The lowest BCUT2D eigenvalue weighted by molar-refractivity contribution is 0.0714. The molecule has 3 nitrogen and oxygen atoms in total. The molecule has 0 aliphatic heterocycles. The molecule has 1 aliphatic carbocycles. The number of amides is 1. The molecule has 0 spiro atoms. The van der Waals surface area contributed by atoms with E-state index in [0.29, 0.717) is 17.1 Å². The number of hydrogen-bond donors (Lipinski definition) is 1. The fourth-order valence-corrected chi connectivity index (χ4v) is 3.20. The molecule has 1 amide bonds. The van der Waals surface area contributed by atoms with E-state index in [9.17, 15) is 4.79 Å². The van der Waals surface area contributed by atoms with Crippen molar-refractivity contribution in [3.8, 4) is 0 Å². The summed E-state index contributed by atoms with van der Waals surface area (Å²) in [5.74, 6) is 0.0392. The average Bonchev–Trinajstić information content (AvgIpc) is 2.98. The Morgan fingerprint density at radius 3 is 2.45 bits per heavy atom. The number of carbonyl (C=O) groups is 1. The first-order valence-corrected chi connectivity index (χ1v) is 8.48. The monoisotopic (exact) mass is 308 g/mol. The lowest BCUT2D eigenvalue weighted by atomic mass is 10.1. The van der Waals surface area contributed by atoms with Gasteiger partial charge in [-0.2, -0.15) is 0 Å². The number of thioether (sulfide) groups is 1. The summed E-state index contributed by atoms with van der Waals surface area (Å²) in [4.78, 5) is 16.1. The Kier molecular flexibility index (Phi) is 5.43. The highest BCUT2D eigenvalue weighted by molar-refractivity contribution is 7.98. The fraction of sp³-hybridized carbons (Fsp3) is 0.467. The average molecular weight is 308 g/mol. The van der Waals surface area contributed by atoms with Crippen molar-refractivity contribution in [1.29, 1.82) is 0 Å². The van der Waals surface area contributed by atoms with Gasteiger partial charge >= 0.3 is 0 Å². The number of benzene rings is 1. The molecule has 108 valence electrons. The van der Waals surface area contributed by atoms with Crippen LogP contribution in [0, 0.1) is 0 Å². The number of nitrogens with zero attached hydrogens (tertiary/aromatic N) is 1. The van der Waals surface area contributed by atoms with Gasteiger partial charge in [0.2, 0.25) is 0 Å². The second kappa shape index (κ2) is 7.09. The Bertz CT molecular complexity index is 481. The number of thiocarbonyl (C=S) groups is 1. The number of rotatable bonds is 5. The summed E-state index contributed by atoms with van der Waals surface area (Å²) in [6.07, 6.45) is 6.48. The number of carbonyl (C=O) groups excluding carboxylic acids is 1. The molecule has 1 saturated carbocycles. The van der Waals surface area contributed by atoms with Crippen LogP contribution in [0.15, 0.2) is 29.2 Å². The van der Waals surface area contributed by atoms with E-state index in [1.165, 1.54) is 12.8 Å². The Labute approximate surface area is 129 Å². The minimum atomic E-state index is 0.0392. The van der Waals surface area contributed by atoms with Gasteiger partial charge in [-0.05, 0) is 43.4 Å². The van der Waals surface area contributed by atoms with Crippen molar-refractivity contribution in [2.75, 3.05) is 12.8 Å². The molecule has 20 heavy (non-hydrogen) atoms. The summed E-state index contributed by atoms with van der Waals surface area (Å²) in [7, 11) is 0. The molecule has 1 aliphatic rings. The molecule has 5 heteroatoms. The quantitative estimate of drug-likeness (QED) is 0.671. The third-order valence-corrected chi connectivity index (χ3v) is 4.56. The van der Waals surface area contributed by atoms with Crippen molar-refractivity contribution in [3.05, 3.63) is 29.8 Å². The van der Waals surface area contributed by atoms with Gasteiger partial charge in [0.15, 0.2) is 0 Å². The highest BCUT2D eigenvalue weighted by atomic mass is 32.2. The molecule has 2 N–H and O–H groups in total. The Balaban J connectivity index is 2.17. The first kappa shape index (κ1) is 15.3. The second-order valence-electron chi connectivity index (χ2n) is 5.07. The summed E-state index contributed by atoms with van der Waals surface area (Å²) < 4.78 is 0. The van der Waals surface area contributed by atoms with Gasteiger partial charge in [0.25, 0.3) is 5.91 Å². The molecule has 1 fully saturated rings. The van der Waals surface area contributed by atoms with E-state index >= 15 is 0 Å². The van der Waals surface area contributed by atoms with E-state index in [0.717, 1.165) is 17.7 Å². The van der Waals surface area contributed by atoms with Gasteiger partial charge in [-0.15, -0.1) is 11.8 Å². The van der Waals surface area contributed by atoms with Crippen LogP contribution in [0.25, 0.3) is 0 Å². The second-order valence-corrected chi connectivity index (χ2v) is 6.47. The van der Waals surface area contributed by atoms with Gasteiger partial charge in [0.05, 0.1) is 11.5 Å². The zero-order chi connectivity index (χ0) is 14.5. The predicted octanol–water partition coefficient (Wildman–Crippen LogP) is 3.08. The minimum absolute atomic E-state index is 0.0392. The molecule has 1 aromatic rings. The standard InChI is InChI=1S/C15H20N2OS2/c1-20-13-8-6-11(7-9-13)15(18)17(10-14(16)19)12-4-2-3-5-12/h6-9,12H,2-5,10H2,1H3,(H2,16,19). The number of hydrogen-bond acceptors (Lipinski definition) is 3. The van der Waals surface area contributed by atoms with Crippen molar-refractivity contribution in [1.82, 2.24) is 4.90 Å². The Hall–Kier alpha value is -1.07. The maximum absolute atomic E-state index is 12.7. The number of nitrogens with two attached hydrogens (primary N) is 1. The van der Waals surface area contributed by atoms with Crippen molar-refractivity contribution in [3.63, 3.8) is 0 Å². The molecule has 2 rings (SSSR count). The van der Waals surface area contributed by atoms with E-state index in [-0.39, 0.29) is 11.9 Å². The van der Waals surface area contributed by atoms with Crippen molar-refractivity contribution >= 4 is 34.9 Å². The summed E-state index contributed by atoms with van der Waals surface area (Å²) in [6.45, 7) is 0.378. The molecule has 0 aromatic heterocycles. The van der Waals surface area contributed by atoms with Gasteiger partial charge in [0.1, 0.15) is 0 Å². The first-order chi connectivity index (χ1) is 9.61. The Morgan fingerprint density at radius 1 is 1.35 bits per heavy atom. The maximum atomic E-state index is 12.7. The van der Waals surface area contributed by atoms with Crippen LogP contribution in [0.2, 0.25) is 0 Å². The minimum Gasteiger partial charge on any atom is -0.392 e. The van der Waals surface area contributed by atoms with Gasteiger partial charge in [-0.25, -0.2) is 0 Å².